The molecule has 0 bridgehead atoms. The Morgan fingerprint density at radius 1 is 1.12 bits per heavy atom. The molecule has 1 amide bonds. The van der Waals surface area contributed by atoms with Crippen LogP contribution < -0.4 is 15.1 Å². The van der Waals surface area contributed by atoms with Gasteiger partial charge >= 0.3 is 0 Å². The molecule has 8 heteroatoms. The first-order valence-corrected chi connectivity index (χ1v) is 10.2. The van der Waals surface area contributed by atoms with E-state index in [4.69, 9.17) is 20.8 Å². The minimum atomic E-state index is -0.832. The molecule has 5 rings (SSSR count). The van der Waals surface area contributed by atoms with E-state index in [1.54, 1.807) is 36.4 Å². The molecular formula is C24H17ClN2O5. The summed E-state index contributed by atoms with van der Waals surface area (Å²) in [6.45, 7) is 1.88. The molecule has 2 aromatic carbocycles. The summed E-state index contributed by atoms with van der Waals surface area (Å²) in [6.07, 6.45) is 1.43. The number of aryl methyl sites for hydroxylation is 1. The summed E-state index contributed by atoms with van der Waals surface area (Å²) in [6, 6.07) is 12.3. The summed E-state index contributed by atoms with van der Waals surface area (Å²) in [7, 11) is 1.43. The topological polar surface area (TPSA) is 92.9 Å². The van der Waals surface area contributed by atoms with Crippen LogP contribution >= 0.6 is 11.6 Å². The smallest absolute Gasteiger partial charge is 0.296 e. The van der Waals surface area contributed by atoms with Crippen molar-refractivity contribution < 1.29 is 19.1 Å². The summed E-state index contributed by atoms with van der Waals surface area (Å²) in [5, 5.41) is 10.9. The number of phenols is 1. The Morgan fingerprint density at radius 2 is 1.94 bits per heavy atom. The minimum absolute atomic E-state index is 0.0415. The lowest BCUT2D eigenvalue weighted by Gasteiger charge is -2.24. The summed E-state index contributed by atoms with van der Waals surface area (Å²) in [5.41, 5.74) is 1.70. The average molecular weight is 449 g/mol. The number of halogens is 1. The Kier molecular flexibility index (Phi) is 4.64. The summed E-state index contributed by atoms with van der Waals surface area (Å²) in [4.78, 5) is 32.8. The van der Waals surface area contributed by atoms with Gasteiger partial charge in [0.1, 0.15) is 11.4 Å². The molecule has 7 nitrogen and oxygen atoms in total. The standard InChI is InChI=1S/C24H17ClN2O5/c1-12-3-7-17-15(9-12)22(29)20-21(13-4-6-16(28)18(10-13)31-2)27(24(30)23(20)32-17)19-8-5-14(25)11-26-19/h3-11,21,28H,1-2H3. The molecule has 0 saturated heterocycles. The number of ether oxygens (including phenoxy) is 1. The second kappa shape index (κ2) is 7.39. The fourth-order valence-electron chi connectivity index (χ4n) is 4.01. The number of aromatic nitrogens is 1. The lowest BCUT2D eigenvalue weighted by Crippen LogP contribution is -2.30. The van der Waals surface area contributed by atoms with Crippen LogP contribution in [0, 0.1) is 6.92 Å². The van der Waals surface area contributed by atoms with Gasteiger partial charge in [0, 0.05) is 6.20 Å². The van der Waals surface area contributed by atoms with Gasteiger partial charge in [0.2, 0.25) is 5.76 Å². The van der Waals surface area contributed by atoms with Gasteiger partial charge in [0.05, 0.1) is 29.1 Å². The van der Waals surface area contributed by atoms with Crippen molar-refractivity contribution in [3.8, 4) is 11.5 Å². The molecule has 1 N–H and O–H groups in total. The SMILES string of the molecule is COc1cc(C2c3c(oc4ccc(C)cc4c3=O)C(=O)N2c2ccc(Cl)cn2)ccc1O. The lowest BCUT2D eigenvalue weighted by molar-refractivity contribution is 0.0970. The van der Waals surface area contributed by atoms with Crippen molar-refractivity contribution in [1.29, 1.82) is 0 Å². The first kappa shape index (κ1) is 20.1. The molecule has 0 fully saturated rings. The quantitative estimate of drug-likeness (QED) is 0.492. The largest absolute Gasteiger partial charge is 0.504 e. The molecule has 0 aliphatic carbocycles. The van der Waals surface area contributed by atoms with E-state index in [2.05, 4.69) is 4.98 Å². The number of anilines is 1. The van der Waals surface area contributed by atoms with Gasteiger partial charge in [-0.25, -0.2) is 4.98 Å². The summed E-state index contributed by atoms with van der Waals surface area (Å²) in [5.74, 6) is -0.0689. The van der Waals surface area contributed by atoms with E-state index >= 15 is 0 Å². The van der Waals surface area contributed by atoms with Crippen molar-refractivity contribution in [1.82, 2.24) is 4.98 Å². The molecule has 2 aromatic heterocycles. The zero-order valence-corrected chi connectivity index (χ0v) is 17.9. The number of fused-ring (bicyclic) bond motifs is 2. The van der Waals surface area contributed by atoms with Gasteiger partial charge in [-0.3, -0.25) is 14.5 Å². The van der Waals surface area contributed by atoms with Crippen LogP contribution in [-0.2, 0) is 0 Å². The molecule has 3 heterocycles. The molecule has 0 radical (unpaired) electrons. The second-order valence-corrected chi connectivity index (χ2v) is 7.95. The maximum absolute atomic E-state index is 13.6. The van der Waals surface area contributed by atoms with Crippen molar-refractivity contribution >= 4 is 34.3 Å². The Labute approximate surface area is 187 Å². The van der Waals surface area contributed by atoms with Gasteiger partial charge in [-0.05, 0) is 48.9 Å². The zero-order chi connectivity index (χ0) is 22.6. The molecule has 4 aromatic rings. The second-order valence-electron chi connectivity index (χ2n) is 7.52. The van der Waals surface area contributed by atoms with Crippen LogP contribution in [0.1, 0.15) is 33.3 Å². The monoisotopic (exact) mass is 448 g/mol. The van der Waals surface area contributed by atoms with Crippen LogP contribution in [0.3, 0.4) is 0 Å². The molecular weight excluding hydrogens is 432 g/mol. The Balaban J connectivity index is 1.82. The number of hydrogen-bond acceptors (Lipinski definition) is 6. The van der Waals surface area contributed by atoms with Gasteiger partial charge in [-0.2, -0.15) is 0 Å². The molecule has 160 valence electrons. The molecule has 32 heavy (non-hydrogen) atoms. The molecule has 0 spiro atoms. The van der Waals surface area contributed by atoms with E-state index in [0.717, 1.165) is 5.56 Å². The fraction of sp³-hybridized carbons (Fsp3) is 0.125. The van der Waals surface area contributed by atoms with Gasteiger partial charge in [0.25, 0.3) is 5.91 Å². The molecule has 1 aliphatic heterocycles. The minimum Gasteiger partial charge on any atom is -0.504 e. The van der Waals surface area contributed by atoms with E-state index < -0.39 is 11.9 Å². The number of nitrogens with zero attached hydrogens (tertiary/aromatic N) is 2. The lowest BCUT2D eigenvalue weighted by atomic mass is 9.97. The molecule has 1 aliphatic rings. The van der Waals surface area contributed by atoms with Crippen LogP contribution in [0.2, 0.25) is 5.02 Å². The highest BCUT2D eigenvalue weighted by atomic mass is 35.5. The normalized spacial score (nSPS) is 15.3. The van der Waals surface area contributed by atoms with Gasteiger partial charge in [-0.1, -0.05) is 29.3 Å². The number of aromatic hydroxyl groups is 1. The van der Waals surface area contributed by atoms with Crippen LogP contribution in [0.5, 0.6) is 11.5 Å². The number of rotatable bonds is 3. The van der Waals surface area contributed by atoms with E-state index in [1.807, 2.05) is 13.0 Å². The number of carbonyl (C=O) groups excluding carboxylic acids is 1. The third kappa shape index (κ3) is 3.01. The summed E-state index contributed by atoms with van der Waals surface area (Å²) >= 11 is 5.99. The Bertz CT molecular complexity index is 1450. The zero-order valence-electron chi connectivity index (χ0n) is 17.1. The van der Waals surface area contributed by atoms with Gasteiger partial charge < -0.3 is 14.3 Å². The number of phenolic OH excluding ortho intramolecular Hbond substituents is 1. The third-order valence-corrected chi connectivity index (χ3v) is 5.73. The Hall–Kier alpha value is -3.84. The van der Waals surface area contributed by atoms with E-state index in [-0.39, 0.29) is 28.3 Å². The van der Waals surface area contributed by atoms with Crippen molar-refractivity contribution in [3.05, 3.63) is 92.4 Å². The predicted octanol–water partition coefficient (Wildman–Crippen LogP) is 4.61. The van der Waals surface area contributed by atoms with Crippen LogP contribution in [-0.4, -0.2) is 23.1 Å². The van der Waals surface area contributed by atoms with Gasteiger partial charge in [-0.15, -0.1) is 0 Å². The highest BCUT2D eigenvalue weighted by molar-refractivity contribution is 6.30. The van der Waals surface area contributed by atoms with Crippen molar-refractivity contribution in [2.45, 2.75) is 13.0 Å². The highest BCUT2D eigenvalue weighted by Gasteiger charge is 2.44. The number of hydrogen-bond donors (Lipinski definition) is 1. The van der Waals surface area contributed by atoms with E-state index in [9.17, 15) is 14.7 Å². The number of amides is 1. The fourth-order valence-corrected chi connectivity index (χ4v) is 4.13. The van der Waals surface area contributed by atoms with E-state index in [1.165, 1.54) is 24.3 Å². The van der Waals surface area contributed by atoms with Gasteiger partial charge in [0.15, 0.2) is 16.9 Å². The van der Waals surface area contributed by atoms with Crippen LogP contribution in [0.15, 0.2) is 63.9 Å². The van der Waals surface area contributed by atoms with Crippen molar-refractivity contribution in [2.24, 2.45) is 0 Å². The van der Waals surface area contributed by atoms with Crippen molar-refractivity contribution in [2.75, 3.05) is 12.0 Å². The summed E-state index contributed by atoms with van der Waals surface area (Å²) < 4.78 is 11.2. The number of methoxy groups -OCH3 is 1. The van der Waals surface area contributed by atoms with Crippen molar-refractivity contribution in [3.63, 3.8) is 0 Å². The number of carbonyl (C=O) groups is 1. The predicted molar refractivity (Wildman–Crippen MR) is 120 cm³/mol. The molecule has 0 saturated carbocycles. The van der Waals surface area contributed by atoms with E-state index in [0.29, 0.717) is 27.4 Å². The maximum atomic E-state index is 13.6. The first-order chi connectivity index (χ1) is 15.4. The highest BCUT2D eigenvalue weighted by Crippen LogP contribution is 2.42. The average Bonchev–Trinajstić information content (AvgIpc) is 3.08. The maximum Gasteiger partial charge on any atom is 0.296 e. The third-order valence-electron chi connectivity index (χ3n) is 5.50. The molecule has 1 atom stereocenters. The number of pyridine rings is 1. The number of benzene rings is 2. The van der Waals surface area contributed by atoms with Crippen LogP contribution in [0.25, 0.3) is 11.0 Å². The first-order valence-electron chi connectivity index (χ1n) is 9.78. The van der Waals surface area contributed by atoms with Crippen LogP contribution in [0.4, 0.5) is 5.82 Å². The Morgan fingerprint density at radius 3 is 2.66 bits per heavy atom. The molecule has 1 unspecified atom stereocenters.